The quantitative estimate of drug-likeness (QED) is 0.875. The summed E-state index contributed by atoms with van der Waals surface area (Å²) < 4.78 is 5.33. The van der Waals surface area contributed by atoms with Crippen molar-refractivity contribution in [3.8, 4) is 5.88 Å². The molecule has 2 rings (SSSR count). The Morgan fingerprint density at radius 2 is 2.17 bits per heavy atom. The van der Waals surface area contributed by atoms with Gasteiger partial charge in [0, 0.05) is 12.3 Å². The first kappa shape index (κ1) is 12.3. The van der Waals surface area contributed by atoms with Crippen LogP contribution in [0.3, 0.4) is 0 Å². The molecule has 0 amide bonds. The average molecular weight is 244 g/mol. The summed E-state index contributed by atoms with van der Waals surface area (Å²) in [6.45, 7) is 4.54. The summed E-state index contributed by atoms with van der Waals surface area (Å²) in [5.41, 5.74) is 0.967. The fourth-order valence-electron chi connectivity index (χ4n) is 1.57. The number of ether oxygens (including phenoxy) is 1. The van der Waals surface area contributed by atoms with Crippen molar-refractivity contribution >= 4 is 5.82 Å². The van der Waals surface area contributed by atoms with Gasteiger partial charge in [-0.15, -0.1) is 0 Å². The molecule has 2 aromatic heterocycles. The van der Waals surface area contributed by atoms with Gasteiger partial charge in [-0.3, -0.25) is 4.98 Å². The molecule has 5 nitrogen and oxygen atoms in total. The minimum Gasteiger partial charge on any atom is -0.478 e. The van der Waals surface area contributed by atoms with Gasteiger partial charge < -0.3 is 10.1 Å². The van der Waals surface area contributed by atoms with E-state index in [-0.39, 0.29) is 6.04 Å². The van der Waals surface area contributed by atoms with Crippen LogP contribution in [0, 0.1) is 0 Å². The highest BCUT2D eigenvalue weighted by atomic mass is 16.5. The lowest BCUT2D eigenvalue weighted by molar-refractivity contribution is 0.326. The van der Waals surface area contributed by atoms with Gasteiger partial charge in [0.1, 0.15) is 12.1 Å². The Hall–Kier alpha value is -2.17. The van der Waals surface area contributed by atoms with Crippen LogP contribution in [0.25, 0.3) is 0 Å². The van der Waals surface area contributed by atoms with Crippen molar-refractivity contribution < 1.29 is 4.74 Å². The molecule has 0 radical (unpaired) electrons. The zero-order valence-electron chi connectivity index (χ0n) is 10.5. The lowest BCUT2D eigenvalue weighted by Crippen LogP contribution is -2.09. The molecular weight excluding hydrogens is 228 g/mol. The molecule has 0 bridgehead atoms. The van der Waals surface area contributed by atoms with E-state index in [9.17, 15) is 0 Å². The summed E-state index contributed by atoms with van der Waals surface area (Å²) in [5, 5.41) is 3.26. The molecule has 94 valence electrons. The van der Waals surface area contributed by atoms with Crippen molar-refractivity contribution in [2.24, 2.45) is 0 Å². The highest BCUT2D eigenvalue weighted by Crippen LogP contribution is 2.17. The van der Waals surface area contributed by atoms with Gasteiger partial charge in [0.25, 0.3) is 0 Å². The lowest BCUT2D eigenvalue weighted by Gasteiger charge is -2.14. The van der Waals surface area contributed by atoms with E-state index in [2.05, 4.69) is 20.3 Å². The molecule has 0 aliphatic rings. The average Bonchev–Trinajstić information content (AvgIpc) is 2.40. The third-order valence-corrected chi connectivity index (χ3v) is 2.43. The van der Waals surface area contributed by atoms with Crippen molar-refractivity contribution in [3.63, 3.8) is 0 Å². The third-order valence-electron chi connectivity index (χ3n) is 2.43. The van der Waals surface area contributed by atoms with E-state index in [0.717, 1.165) is 11.5 Å². The van der Waals surface area contributed by atoms with Crippen molar-refractivity contribution in [3.05, 3.63) is 42.5 Å². The van der Waals surface area contributed by atoms with Gasteiger partial charge in [0.2, 0.25) is 5.88 Å². The highest BCUT2D eigenvalue weighted by molar-refractivity contribution is 5.39. The minimum atomic E-state index is 0.0792. The SMILES string of the molecule is CCOc1cc(NC(C)c2ccccn2)ncn1. The summed E-state index contributed by atoms with van der Waals surface area (Å²) >= 11 is 0. The second-order valence-electron chi connectivity index (χ2n) is 3.80. The maximum atomic E-state index is 5.33. The Morgan fingerprint density at radius 3 is 2.89 bits per heavy atom. The second-order valence-corrected chi connectivity index (χ2v) is 3.80. The Labute approximate surface area is 106 Å². The monoisotopic (exact) mass is 244 g/mol. The molecule has 5 heteroatoms. The topological polar surface area (TPSA) is 59.9 Å². The molecule has 1 N–H and O–H groups in total. The van der Waals surface area contributed by atoms with Gasteiger partial charge in [-0.1, -0.05) is 6.07 Å². The lowest BCUT2D eigenvalue weighted by atomic mass is 10.2. The fraction of sp³-hybridized carbons (Fsp3) is 0.308. The Bertz CT molecular complexity index is 489. The second kappa shape index (κ2) is 5.95. The molecule has 1 atom stereocenters. The zero-order chi connectivity index (χ0) is 12.8. The summed E-state index contributed by atoms with van der Waals surface area (Å²) in [6.07, 6.45) is 3.26. The smallest absolute Gasteiger partial charge is 0.218 e. The number of rotatable bonds is 5. The predicted molar refractivity (Wildman–Crippen MR) is 69.5 cm³/mol. The first-order valence-electron chi connectivity index (χ1n) is 5.92. The van der Waals surface area contributed by atoms with Crippen molar-refractivity contribution in [2.45, 2.75) is 19.9 Å². The van der Waals surface area contributed by atoms with E-state index in [4.69, 9.17) is 4.74 Å². The van der Waals surface area contributed by atoms with E-state index in [1.165, 1.54) is 6.33 Å². The maximum Gasteiger partial charge on any atom is 0.218 e. The Morgan fingerprint density at radius 1 is 1.28 bits per heavy atom. The van der Waals surface area contributed by atoms with Crippen LogP contribution >= 0.6 is 0 Å². The summed E-state index contributed by atoms with van der Waals surface area (Å²) in [7, 11) is 0. The molecule has 0 aliphatic carbocycles. The van der Waals surface area contributed by atoms with Crippen LogP contribution < -0.4 is 10.1 Å². The first-order chi connectivity index (χ1) is 8.79. The van der Waals surface area contributed by atoms with E-state index >= 15 is 0 Å². The Balaban J connectivity index is 2.07. The molecule has 2 aromatic rings. The number of nitrogens with zero attached hydrogens (tertiary/aromatic N) is 3. The normalized spacial score (nSPS) is 11.9. The minimum absolute atomic E-state index is 0.0792. The van der Waals surface area contributed by atoms with Gasteiger partial charge in [0.05, 0.1) is 18.3 Å². The fourth-order valence-corrected chi connectivity index (χ4v) is 1.57. The van der Waals surface area contributed by atoms with Crippen LogP contribution in [0.2, 0.25) is 0 Å². The first-order valence-corrected chi connectivity index (χ1v) is 5.92. The van der Waals surface area contributed by atoms with E-state index in [0.29, 0.717) is 12.5 Å². The molecule has 0 aliphatic heterocycles. The molecular formula is C13H16N4O. The van der Waals surface area contributed by atoms with E-state index < -0.39 is 0 Å². The molecule has 0 fully saturated rings. The predicted octanol–water partition coefficient (Wildman–Crippen LogP) is 2.44. The summed E-state index contributed by atoms with van der Waals surface area (Å²) in [4.78, 5) is 12.5. The molecule has 0 saturated carbocycles. The van der Waals surface area contributed by atoms with Crippen LogP contribution in [-0.2, 0) is 0 Å². The number of nitrogens with one attached hydrogen (secondary N) is 1. The largest absolute Gasteiger partial charge is 0.478 e. The van der Waals surface area contributed by atoms with E-state index in [1.54, 1.807) is 12.3 Å². The zero-order valence-corrected chi connectivity index (χ0v) is 10.5. The molecule has 0 spiro atoms. The van der Waals surface area contributed by atoms with Crippen LogP contribution in [0.15, 0.2) is 36.8 Å². The maximum absolute atomic E-state index is 5.33. The summed E-state index contributed by atoms with van der Waals surface area (Å²) in [5.74, 6) is 1.30. The third kappa shape index (κ3) is 3.16. The number of aromatic nitrogens is 3. The van der Waals surface area contributed by atoms with Crippen LogP contribution in [0.4, 0.5) is 5.82 Å². The summed E-state index contributed by atoms with van der Waals surface area (Å²) in [6, 6.07) is 7.70. The van der Waals surface area contributed by atoms with Gasteiger partial charge in [-0.2, -0.15) is 0 Å². The molecule has 0 saturated heterocycles. The van der Waals surface area contributed by atoms with Crippen LogP contribution in [0.5, 0.6) is 5.88 Å². The number of hydrogen-bond donors (Lipinski definition) is 1. The van der Waals surface area contributed by atoms with Crippen molar-refractivity contribution in [2.75, 3.05) is 11.9 Å². The van der Waals surface area contributed by atoms with Crippen molar-refractivity contribution in [1.29, 1.82) is 0 Å². The highest BCUT2D eigenvalue weighted by Gasteiger charge is 2.07. The standard InChI is InChI=1S/C13H16N4O/c1-3-18-13-8-12(15-9-16-13)17-10(2)11-6-4-5-7-14-11/h4-10H,3H2,1-2H3,(H,15,16,17). The number of pyridine rings is 1. The van der Waals surface area contributed by atoms with Gasteiger partial charge >= 0.3 is 0 Å². The Kier molecular flexibility index (Phi) is 4.06. The molecule has 18 heavy (non-hydrogen) atoms. The molecule has 0 aromatic carbocycles. The van der Waals surface area contributed by atoms with Crippen molar-refractivity contribution in [1.82, 2.24) is 15.0 Å². The van der Waals surface area contributed by atoms with Gasteiger partial charge in [-0.25, -0.2) is 9.97 Å². The molecule has 2 heterocycles. The van der Waals surface area contributed by atoms with Crippen LogP contribution in [-0.4, -0.2) is 21.6 Å². The van der Waals surface area contributed by atoms with E-state index in [1.807, 2.05) is 32.0 Å². The van der Waals surface area contributed by atoms with Crippen LogP contribution in [0.1, 0.15) is 25.6 Å². The van der Waals surface area contributed by atoms with Gasteiger partial charge in [-0.05, 0) is 26.0 Å². The molecule has 1 unspecified atom stereocenters. The number of anilines is 1. The number of hydrogen-bond acceptors (Lipinski definition) is 5. The van der Waals surface area contributed by atoms with Gasteiger partial charge in [0.15, 0.2) is 0 Å².